The Morgan fingerprint density at radius 3 is 2.59 bits per heavy atom. The van der Waals surface area contributed by atoms with E-state index in [4.69, 9.17) is 5.11 Å². The number of rotatable bonds is 4. The highest BCUT2D eigenvalue weighted by Crippen LogP contribution is 2.25. The highest BCUT2D eigenvalue weighted by atomic mass is 16.4. The summed E-state index contributed by atoms with van der Waals surface area (Å²) in [4.78, 5) is 22.2. The largest absolute Gasteiger partial charge is 0.481 e. The average molecular weight is 240 g/mol. The van der Waals surface area contributed by atoms with Crippen molar-refractivity contribution in [2.24, 2.45) is 5.92 Å². The smallest absolute Gasteiger partial charge is 0.315 e. The summed E-state index contributed by atoms with van der Waals surface area (Å²) in [5, 5.41) is 14.3. The van der Waals surface area contributed by atoms with Gasteiger partial charge in [-0.3, -0.25) is 4.79 Å². The molecule has 1 fully saturated rings. The number of amides is 2. The van der Waals surface area contributed by atoms with Gasteiger partial charge in [0.1, 0.15) is 0 Å². The molecule has 0 radical (unpaired) electrons. The minimum atomic E-state index is -0.765. The lowest BCUT2D eigenvalue weighted by molar-refractivity contribution is -0.141. The van der Waals surface area contributed by atoms with E-state index < -0.39 is 5.97 Å². The Bertz CT molecular complexity index is 322. The third-order valence-corrected chi connectivity index (χ3v) is 2.89. The lowest BCUT2D eigenvalue weighted by Gasteiger charge is -2.12. The topological polar surface area (TPSA) is 78.4 Å². The summed E-state index contributed by atoms with van der Waals surface area (Å²) in [6.45, 7) is 4.44. The Kier molecular flexibility index (Phi) is 5.00. The molecule has 0 aliphatic heterocycles. The molecule has 0 aromatic carbocycles. The first kappa shape index (κ1) is 13.5. The number of carboxylic acids is 1. The molecule has 0 bridgehead atoms. The van der Waals surface area contributed by atoms with E-state index in [1.807, 2.05) is 19.9 Å². The number of urea groups is 1. The van der Waals surface area contributed by atoms with Gasteiger partial charge in [-0.05, 0) is 33.1 Å². The summed E-state index contributed by atoms with van der Waals surface area (Å²) < 4.78 is 0. The molecule has 3 N–H and O–H groups in total. The maximum absolute atomic E-state index is 11.5. The van der Waals surface area contributed by atoms with Gasteiger partial charge in [0.2, 0.25) is 0 Å². The number of hydrogen-bond acceptors (Lipinski definition) is 2. The molecule has 0 heterocycles. The molecule has 1 aliphatic rings. The second-order valence-electron chi connectivity index (χ2n) is 4.68. The van der Waals surface area contributed by atoms with Crippen molar-refractivity contribution < 1.29 is 14.7 Å². The van der Waals surface area contributed by atoms with Gasteiger partial charge in [-0.15, -0.1) is 0 Å². The van der Waals surface area contributed by atoms with Crippen LogP contribution >= 0.6 is 0 Å². The van der Waals surface area contributed by atoms with Crippen molar-refractivity contribution in [3.8, 4) is 0 Å². The Labute approximate surface area is 101 Å². The molecule has 2 amide bonds. The number of hydrogen-bond donors (Lipinski definition) is 3. The monoisotopic (exact) mass is 240 g/mol. The summed E-state index contributed by atoms with van der Waals surface area (Å²) in [5.41, 5.74) is 1.15. The molecule has 2 atom stereocenters. The highest BCUT2D eigenvalue weighted by Gasteiger charge is 2.30. The molecule has 96 valence electrons. The fourth-order valence-corrected chi connectivity index (χ4v) is 1.92. The van der Waals surface area contributed by atoms with Crippen molar-refractivity contribution in [2.45, 2.75) is 39.2 Å². The van der Waals surface area contributed by atoms with E-state index in [1.54, 1.807) is 0 Å². The predicted molar refractivity (Wildman–Crippen MR) is 64.7 cm³/mol. The molecular formula is C12H20N2O3. The molecule has 0 aromatic heterocycles. The Morgan fingerprint density at radius 1 is 1.35 bits per heavy atom. The third-order valence-electron chi connectivity index (χ3n) is 2.89. The molecule has 17 heavy (non-hydrogen) atoms. The van der Waals surface area contributed by atoms with Crippen molar-refractivity contribution in [3.05, 3.63) is 11.6 Å². The zero-order valence-electron chi connectivity index (χ0n) is 10.3. The molecule has 5 heteroatoms. The minimum absolute atomic E-state index is 0.0113. The van der Waals surface area contributed by atoms with Gasteiger partial charge >= 0.3 is 12.0 Å². The number of carbonyl (C=O) groups is 2. The van der Waals surface area contributed by atoms with Gasteiger partial charge in [-0.2, -0.15) is 0 Å². The summed E-state index contributed by atoms with van der Waals surface area (Å²) >= 11 is 0. The van der Waals surface area contributed by atoms with Gasteiger partial charge < -0.3 is 15.7 Å². The number of nitrogens with one attached hydrogen (secondary N) is 2. The van der Waals surface area contributed by atoms with E-state index in [-0.39, 0.29) is 18.0 Å². The standard InChI is InChI=1S/C12H20N2O3/c1-8(2)5-6-13-12(17)14-10-4-3-9(7-10)11(15)16/h5,9-10H,3-4,6-7H2,1-2H3,(H,15,16)(H2,13,14,17). The summed E-state index contributed by atoms with van der Waals surface area (Å²) in [6.07, 6.45) is 3.85. The van der Waals surface area contributed by atoms with Gasteiger partial charge in [0, 0.05) is 12.6 Å². The maximum atomic E-state index is 11.5. The van der Waals surface area contributed by atoms with Gasteiger partial charge in [-0.1, -0.05) is 11.6 Å². The Morgan fingerprint density at radius 2 is 2.06 bits per heavy atom. The average Bonchev–Trinajstić information content (AvgIpc) is 2.65. The molecule has 2 unspecified atom stereocenters. The molecule has 0 spiro atoms. The van der Waals surface area contributed by atoms with Crippen molar-refractivity contribution in [2.75, 3.05) is 6.54 Å². The zero-order chi connectivity index (χ0) is 12.8. The molecule has 1 aliphatic carbocycles. The lowest BCUT2D eigenvalue weighted by atomic mass is 10.1. The molecule has 0 aromatic rings. The lowest BCUT2D eigenvalue weighted by Crippen LogP contribution is -2.41. The number of carboxylic acid groups (broad SMARTS) is 1. The first-order valence-corrected chi connectivity index (χ1v) is 5.89. The van der Waals surface area contributed by atoms with Crippen LogP contribution in [0.15, 0.2) is 11.6 Å². The van der Waals surface area contributed by atoms with E-state index in [2.05, 4.69) is 10.6 Å². The number of allylic oxidation sites excluding steroid dienone is 1. The van der Waals surface area contributed by atoms with Crippen LogP contribution in [0.25, 0.3) is 0 Å². The van der Waals surface area contributed by atoms with E-state index in [9.17, 15) is 9.59 Å². The molecule has 0 saturated heterocycles. The van der Waals surface area contributed by atoms with Crippen molar-refractivity contribution in [1.29, 1.82) is 0 Å². The van der Waals surface area contributed by atoms with Crippen molar-refractivity contribution in [3.63, 3.8) is 0 Å². The summed E-state index contributed by atoms with van der Waals surface area (Å²) in [6, 6.07) is -0.235. The highest BCUT2D eigenvalue weighted by molar-refractivity contribution is 5.75. The molecule has 1 saturated carbocycles. The predicted octanol–water partition coefficient (Wildman–Crippen LogP) is 1.51. The van der Waals surface area contributed by atoms with Gasteiger partial charge in [-0.25, -0.2) is 4.79 Å². The van der Waals surface area contributed by atoms with Crippen LogP contribution in [0, 0.1) is 5.92 Å². The van der Waals surface area contributed by atoms with Crippen LogP contribution in [0.3, 0.4) is 0 Å². The van der Waals surface area contributed by atoms with Crippen LogP contribution in [0.5, 0.6) is 0 Å². The zero-order valence-corrected chi connectivity index (χ0v) is 10.3. The summed E-state index contributed by atoms with van der Waals surface area (Å²) in [5.74, 6) is -1.07. The van der Waals surface area contributed by atoms with Gasteiger partial charge in [0.15, 0.2) is 0 Å². The van der Waals surface area contributed by atoms with E-state index in [1.165, 1.54) is 0 Å². The second-order valence-corrected chi connectivity index (χ2v) is 4.68. The van der Waals surface area contributed by atoms with Crippen LogP contribution in [0.4, 0.5) is 4.79 Å². The Hall–Kier alpha value is -1.52. The number of aliphatic carboxylic acids is 1. The van der Waals surface area contributed by atoms with E-state index in [0.717, 1.165) is 12.0 Å². The van der Waals surface area contributed by atoms with Crippen LogP contribution in [0.1, 0.15) is 33.1 Å². The number of carbonyl (C=O) groups excluding carboxylic acids is 1. The van der Waals surface area contributed by atoms with Crippen LogP contribution in [0.2, 0.25) is 0 Å². The molecular weight excluding hydrogens is 220 g/mol. The first-order valence-electron chi connectivity index (χ1n) is 5.89. The van der Waals surface area contributed by atoms with Gasteiger partial charge in [0.05, 0.1) is 5.92 Å². The first-order chi connectivity index (χ1) is 7.99. The fraction of sp³-hybridized carbons (Fsp3) is 0.667. The molecule has 1 rings (SSSR count). The minimum Gasteiger partial charge on any atom is -0.481 e. The summed E-state index contributed by atoms with van der Waals surface area (Å²) in [7, 11) is 0. The van der Waals surface area contributed by atoms with Gasteiger partial charge in [0.25, 0.3) is 0 Å². The second kappa shape index (κ2) is 6.27. The Balaban J connectivity index is 2.24. The molecule has 5 nitrogen and oxygen atoms in total. The van der Waals surface area contributed by atoms with Crippen LogP contribution in [-0.4, -0.2) is 29.7 Å². The maximum Gasteiger partial charge on any atom is 0.315 e. The van der Waals surface area contributed by atoms with Crippen LogP contribution < -0.4 is 10.6 Å². The van der Waals surface area contributed by atoms with Crippen molar-refractivity contribution >= 4 is 12.0 Å². The SMILES string of the molecule is CC(C)=CCNC(=O)NC1CCC(C(=O)O)C1. The van der Waals surface area contributed by atoms with Crippen molar-refractivity contribution in [1.82, 2.24) is 10.6 Å². The van der Waals surface area contributed by atoms with E-state index >= 15 is 0 Å². The third kappa shape index (κ3) is 4.89. The normalized spacial score (nSPS) is 22.9. The van der Waals surface area contributed by atoms with E-state index in [0.29, 0.717) is 19.4 Å². The quantitative estimate of drug-likeness (QED) is 0.652. The van der Waals surface area contributed by atoms with Crippen LogP contribution in [-0.2, 0) is 4.79 Å². The fourth-order valence-electron chi connectivity index (χ4n) is 1.92.